The molecule has 0 amide bonds. The Morgan fingerprint density at radius 2 is 2.06 bits per heavy atom. The molecule has 0 atom stereocenters. The van der Waals surface area contributed by atoms with E-state index in [0.717, 1.165) is 23.6 Å². The molecule has 1 aliphatic rings. The molecule has 0 saturated carbocycles. The summed E-state index contributed by atoms with van der Waals surface area (Å²) in [5, 5.41) is 9.68. The smallest absolute Gasteiger partial charge is 0.160 e. The Balaban J connectivity index is 2.20. The lowest BCUT2D eigenvalue weighted by molar-refractivity contribution is 0.373. The van der Waals surface area contributed by atoms with Crippen molar-refractivity contribution in [2.75, 3.05) is 20.2 Å². The molecule has 86 valence electrons. The molecule has 0 aliphatic carbocycles. The van der Waals surface area contributed by atoms with Gasteiger partial charge in [0.25, 0.3) is 0 Å². The average molecular weight is 237 g/mol. The van der Waals surface area contributed by atoms with Crippen molar-refractivity contribution in [2.24, 2.45) is 0 Å². The van der Waals surface area contributed by atoms with E-state index in [1.807, 2.05) is 6.07 Å². The van der Waals surface area contributed by atoms with Gasteiger partial charge in [-0.2, -0.15) is 0 Å². The van der Waals surface area contributed by atoms with Crippen LogP contribution in [-0.2, 0) is 0 Å². The molecule has 1 saturated heterocycles. The number of ether oxygens (including phenoxy) is 1. The predicted octanol–water partition coefficient (Wildman–Crippen LogP) is 2.17. The van der Waals surface area contributed by atoms with Gasteiger partial charge in [0.05, 0.1) is 7.11 Å². The molecule has 4 heteroatoms. The highest BCUT2D eigenvalue weighted by molar-refractivity contribution is 7.80. The fraction of sp³-hybridized carbons (Fsp3) is 0.417. The highest BCUT2D eigenvalue weighted by atomic mass is 32.1. The van der Waals surface area contributed by atoms with E-state index in [0.29, 0.717) is 5.75 Å². The maximum Gasteiger partial charge on any atom is 0.160 e. The van der Waals surface area contributed by atoms with Gasteiger partial charge in [-0.1, -0.05) is 12.2 Å². The van der Waals surface area contributed by atoms with Gasteiger partial charge >= 0.3 is 0 Å². The first kappa shape index (κ1) is 11.2. The Morgan fingerprint density at radius 3 is 2.62 bits per heavy atom. The summed E-state index contributed by atoms with van der Waals surface area (Å²) < 4.78 is 5.00. The Labute approximate surface area is 101 Å². The zero-order valence-electron chi connectivity index (χ0n) is 9.27. The second kappa shape index (κ2) is 4.70. The average Bonchev–Trinajstić information content (AvgIpc) is 2.81. The fourth-order valence-electron chi connectivity index (χ4n) is 1.93. The van der Waals surface area contributed by atoms with E-state index in [9.17, 15) is 5.11 Å². The van der Waals surface area contributed by atoms with E-state index in [1.165, 1.54) is 20.0 Å². The minimum atomic E-state index is 0.140. The third kappa shape index (κ3) is 2.11. The van der Waals surface area contributed by atoms with E-state index in [1.54, 1.807) is 12.1 Å². The van der Waals surface area contributed by atoms with Gasteiger partial charge in [0.15, 0.2) is 11.5 Å². The summed E-state index contributed by atoms with van der Waals surface area (Å²) in [7, 11) is 1.54. The summed E-state index contributed by atoms with van der Waals surface area (Å²) in [5.41, 5.74) is 0.884. The number of thiocarbonyl (C=S) groups is 1. The molecule has 3 nitrogen and oxygen atoms in total. The lowest BCUT2D eigenvalue weighted by Gasteiger charge is -2.18. The quantitative estimate of drug-likeness (QED) is 0.799. The van der Waals surface area contributed by atoms with E-state index >= 15 is 0 Å². The van der Waals surface area contributed by atoms with Gasteiger partial charge in [-0.25, -0.2) is 0 Å². The molecular weight excluding hydrogens is 222 g/mol. The van der Waals surface area contributed by atoms with Crippen molar-refractivity contribution < 1.29 is 9.84 Å². The van der Waals surface area contributed by atoms with Crippen molar-refractivity contribution in [3.63, 3.8) is 0 Å². The molecule has 1 N–H and O–H groups in total. The molecule has 0 spiro atoms. The van der Waals surface area contributed by atoms with Crippen LogP contribution in [0.5, 0.6) is 11.5 Å². The van der Waals surface area contributed by atoms with Crippen molar-refractivity contribution in [1.29, 1.82) is 0 Å². The van der Waals surface area contributed by atoms with Gasteiger partial charge in [0.2, 0.25) is 0 Å². The summed E-state index contributed by atoms with van der Waals surface area (Å²) >= 11 is 5.39. The van der Waals surface area contributed by atoms with Gasteiger partial charge in [-0.15, -0.1) is 0 Å². The van der Waals surface area contributed by atoms with Crippen molar-refractivity contribution in [2.45, 2.75) is 12.8 Å². The molecule has 0 radical (unpaired) electrons. The third-order valence-corrected chi connectivity index (χ3v) is 3.31. The number of phenolic OH excluding ortho intramolecular Hbond substituents is 1. The van der Waals surface area contributed by atoms with Gasteiger partial charge < -0.3 is 14.7 Å². The molecule has 1 fully saturated rings. The molecule has 0 bridgehead atoms. The van der Waals surface area contributed by atoms with E-state index < -0.39 is 0 Å². The Morgan fingerprint density at radius 1 is 1.38 bits per heavy atom. The Kier molecular flexibility index (Phi) is 3.29. The first-order valence-electron chi connectivity index (χ1n) is 5.38. The van der Waals surface area contributed by atoms with Crippen LogP contribution in [0, 0.1) is 0 Å². The van der Waals surface area contributed by atoms with Crippen LogP contribution in [-0.4, -0.2) is 35.2 Å². The number of phenols is 1. The first-order valence-corrected chi connectivity index (χ1v) is 5.79. The van der Waals surface area contributed by atoms with Gasteiger partial charge in [-0.3, -0.25) is 0 Å². The number of hydrogen-bond donors (Lipinski definition) is 1. The highest BCUT2D eigenvalue weighted by Crippen LogP contribution is 2.27. The molecule has 16 heavy (non-hydrogen) atoms. The second-order valence-electron chi connectivity index (χ2n) is 3.89. The zero-order valence-corrected chi connectivity index (χ0v) is 10.1. The van der Waals surface area contributed by atoms with Crippen LogP contribution >= 0.6 is 12.2 Å². The lowest BCUT2D eigenvalue weighted by Crippen LogP contribution is -2.26. The second-order valence-corrected chi connectivity index (χ2v) is 4.27. The lowest BCUT2D eigenvalue weighted by atomic mass is 10.2. The first-order chi connectivity index (χ1) is 7.72. The van der Waals surface area contributed by atoms with Crippen molar-refractivity contribution in [1.82, 2.24) is 4.90 Å². The number of likely N-dealkylation sites (tertiary alicyclic amines) is 1. The van der Waals surface area contributed by atoms with Crippen LogP contribution in [0.4, 0.5) is 0 Å². The van der Waals surface area contributed by atoms with E-state index in [4.69, 9.17) is 17.0 Å². The standard InChI is InChI=1S/C12H15NO2S/c1-15-11-5-4-9(8-10(11)14)12(16)13-6-2-3-7-13/h4-5,8,14H,2-3,6-7H2,1H3. The van der Waals surface area contributed by atoms with Crippen molar-refractivity contribution in [3.05, 3.63) is 23.8 Å². The van der Waals surface area contributed by atoms with Crippen LogP contribution in [0.25, 0.3) is 0 Å². The van der Waals surface area contributed by atoms with Crippen LogP contribution in [0.1, 0.15) is 18.4 Å². The van der Waals surface area contributed by atoms with Crippen molar-refractivity contribution in [3.8, 4) is 11.5 Å². The summed E-state index contributed by atoms with van der Waals surface area (Å²) in [6, 6.07) is 5.30. The number of aromatic hydroxyl groups is 1. The minimum absolute atomic E-state index is 0.140. The number of nitrogens with zero attached hydrogens (tertiary/aromatic N) is 1. The summed E-state index contributed by atoms with van der Waals surface area (Å²) in [4.78, 5) is 2.99. The maximum atomic E-state index is 9.68. The molecule has 2 rings (SSSR count). The molecule has 1 aromatic carbocycles. The zero-order chi connectivity index (χ0) is 11.5. The minimum Gasteiger partial charge on any atom is -0.504 e. The summed E-state index contributed by atoms with van der Waals surface area (Å²) in [5.74, 6) is 0.620. The monoisotopic (exact) mass is 237 g/mol. The summed E-state index contributed by atoms with van der Waals surface area (Å²) in [6.45, 7) is 2.04. The highest BCUT2D eigenvalue weighted by Gasteiger charge is 2.17. The van der Waals surface area contributed by atoms with Crippen LogP contribution in [0.15, 0.2) is 18.2 Å². The largest absolute Gasteiger partial charge is 0.504 e. The normalized spacial score (nSPS) is 15.2. The Hall–Kier alpha value is -1.29. The van der Waals surface area contributed by atoms with Crippen LogP contribution in [0.2, 0.25) is 0 Å². The molecule has 1 aromatic rings. The molecule has 1 aliphatic heterocycles. The summed E-state index contributed by atoms with van der Waals surface area (Å²) in [6.07, 6.45) is 2.39. The third-order valence-electron chi connectivity index (χ3n) is 2.82. The van der Waals surface area contributed by atoms with E-state index in [-0.39, 0.29) is 5.75 Å². The van der Waals surface area contributed by atoms with Gasteiger partial charge in [0, 0.05) is 18.7 Å². The molecule has 0 unspecified atom stereocenters. The number of hydrogen-bond acceptors (Lipinski definition) is 3. The Bertz CT molecular complexity index is 400. The van der Waals surface area contributed by atoms with Crippen LogP contribution in [0.3, 0.4) is 0 Å². The van der Waals surface area contributed by atoms with Gasteiger partial charge in [0.1, 0.15) is 4.99 Å². The van der Waals surface area contributed by atoms with Gasteiger partial charge in [-0.05, 0) is 31.0 Å². The number of rotatable bonds is 2. The van der Waals surface area contributed by atoms with Crippen molar-refractivity contribution >= 4 is 17.2 Å². The molecule has 1 heterocycles. The number of methoxy groups -OCH3 is 1. The van der Waals surface area contributed by atoms with Crippen LogP contribution < -0.4 is 4.74 Å². The predicted molar refractivity (Wildman–Crippen MR) is 67.2 cm³/mol. The number of benzene rings is 1. The molecular formula is C12H15NO2S. The fourth-order valence-corrected chi connectivity index (χ4v) is 2.24. The maximum absolute atomic E-state index is 9.68. The molecule has 0 aromatic heterocycles. The van der Waals surface area contributed by atoms with E-state index in [2.05, 4.69) is 4.90 Å². The SMILES string of the molecule is COc1ccc(C(=S)N2CCCC2)cc1O. The topological polar surface area (TPSA) is 32.7 Å².